The van der Waals surface area contributed by atoms with Gasteiger partial charge in [0.1, 0.15) is 11.9 Å². The Kier molecular flexibility index (Phi) is 5.24. The lowest BCUT2D eigenvalue weighted by molar-refractivity contribution is 0.216. The highest BCUT2D eigenvalue weighted by Gasteiger charge is 2.15. The summed E-state index contributed by atoms with van der Waals surface area (Å²) >= 11 is 5.15. The van der Waals surface area contributed by atoms with Gasteiger partial charge in [-0.05, 0) is 58.1 Å². The number of ether oxygens (including phenoxy) is 1. The van der Waals surface area contributed by atoms with Crippen LogP contribution in [0, 0.1) is 6.92 Å². The zero-order valence-corrected chi connectivity index (χ0v) is 14.4. The van der Waals surface area contributed by atoms with Crippen LogP contribution in [0.5, 0.6) is 5.75 Å². The molecule has 1 unspecified atom stereocenters. The van der Waals surface area contributed by atoms with Gasteiger partial charge in [-0.1, -0.05) is 26.0 Å². The van der Waals surface area contributed by atoms with E-state index in [0.717, 1.165) is 20.0 Å². The lowest BCUT2D eigenvalue weighted by atomic mass is 10.0. The monoisotopic (exact) mass is 353 g/mol. The van der Waals surface area contributed by atoms with Crippen molar-refractivity contribution >= 4 is 27.3 Å². The molecule has 1 aromatic heterocycles. The predicted molar refractivity (Wildman–Crippen MR) is 89.7 cm³/mol. The third-order valence-electron chi connectivity index (χ3n) is 3.27. The molecule has 0 saturated heterocycles. The van der Waals surface area contributed by atoms with E-state index in [9.17, 15) is 0 Å². The first-order valence-electron chi connectivity index (χ1n) is 6.73. The Balaban J connectivity index is 2.25. The van der Waals surface area contributed by atoms with Gasteiger partial charge >= 0.3 is 0 Å². The van der Waals surface area contributed by atoms with Crippen LogP contribution in [0.1, 0.15) is 41.9 Å². The number of hydrogen-bond donors (Lipinski definition) is 1. The molecule has 1 heterocycles. The highest BCUT2D eigenvalue weighted by molar-refractivity contribution is 9.11. The molecular formula is C16H20BrNOS. The smallest absolute Gasteiger partial charge is 0.145 e. The van der Waals surface area contributed by atoms with Crippen molar-refractivity contribution < 1.29 is 4.74 Å². The Hall–Kier alpha value is -0.840. The van der Waals surface area contributed by atoms with Gasteiger partial charge in [0.2, 0.25) is 0 Å². The van der Waals surface area contributed by atoms with Gasteiger partial charge in [0.25, 0.3) is 0 Å². The Labute approximate surface area is 133 Å². The van der Waals surface area contributed by atoms with Gasteiger partial charge in [0.05, 0.1) is 3.79 Å². The minimum atomic E-state index is -0.0904. The second-order valence-electron chi connectivity index (χ2n) is 5.16. The topological polar surface area (TPSA) is 35.2 Å². The summed E-state index contributed by atoms with van der Waals surface area (Å²) in [7, 11) is 0. The van der Waals surface area contributed by atoms with E-state index in [1.165, 1.54) is 5.56 Å². The minimum Gasteiger partial charge on any atom is -0.483 e. The van der Waals surface area contributed by atoms with Crippen molar-refractivity contribution in [3.8, 4) is 5.75 Å². The van der Waals surface area contributed by atoms with Gasteiger partial charge in [-0.15, -0.1) is 11.3 Å². The molecule has 4 heteroatoms. The van der Waals surface area contributed by atoms with Crippen molar-refractivity contribution in [2.24, 2.45) is 5.73 Å². The van der Waals surface area contributed by atoms with Gasteiger partial charge in [0, 0.05) is 11.4 Å². The van der Waals surface area contributed by atoms with Crippen molar-refractivity contribution in [1.29, 1.82) is 0 Å². The van der Waals surface area contributed by atoms with Crippen LogP contribution in [0.2, 0.25) is 0 Å². The van der Waals surface area contributed by atoms with E-state index < -0.39 is 0 Å². The molecule has 20 heavy (non-hydrogen) atoms. The molecule has 2 rings (SSSR count). The fraction of sp³-hybridized carbons (Fsp3) is 0.375. The summed E-state index contributed by atoms with van der Waals surface area (Å²) < 4.78 is 7.25. The quantitative estimate of drug-likeness (QED) is 0.818. The first-order valence-corrected chi connectivity index (χ1v) is 8.34. The molecule has 0 fully saturated rings. The van der Waals surface area contributed by atoms with Crippen LogP contribution in [0.3, 0.4) is 0 Å². The summed E-state index contributed by atoms with van der Waals surface area (Å²) in [5.41, 5.74) is 8.30. The van der Waals surface area contributed by atoms with Crippen molar-refractivity contribution in [2.75, 3.05) is 6.54 Å². The molecule has 2 nitrogen and oxygen atoms in total. The molecule has 1 atom stereocenters. The van der Waals surface area contributed by atoms with Crippen molar-refractivity contribution in [3.05, 3.63) is 50.1 Å². The Morgan fingerprint density at radius 1 is 1.25 bits per heavy atom. The Morgan fingerprint density at radius 3 is 2.55 bits per heavy atom. The molecule has 0 aliphatic carbocycles. The van der Waals surface area contributed by atoms with Crippen LogP contribution >= 0.6 is 27.3 Å². The number of thiophene rings is 1. The van der Waals surface area contributed by atoms with Crippen LogP contribution in [0.15, 0.2) is 34.1 Å². The molecule has 2 aromatic rings. The van der Waals surface area contributed by atoms with Crippen LogP contribution in [-0.2, 0) is 0 Å². The van der Waals surface area contributed by atoms with Crippen LogP contribution in [0.25, 0.3) is 0 Å². The van der Waals surface area contributed by atoms with E-state index in [-0.39, 0.29) is 6.10 Å². The summed E-state index contributed by atoms with van der Waals surface area (Å²) in [5.74, 6) is 1.42. The molecule has 0 bridgehead atoms. The second kappa shape index (κ2) is 6.74. The Morgan fingerprint density at radius 2 is 2.00 bits per heavy atom. The molecular weight excluding hydrogens is 334 g/mol. The Bertz CT molecular complexity index is 580. The highest BCUT2D eigenvalue weighted by Crippen LogP contribution is 2.32. The lowest BCUT2D eigenvalue weighted by Gasteiger charge is -2.19. The predicted octanol–water partition coefficient (Wildman–Crippen LogP) is 5.02. The molecule has 0 spiro atoms. The number of rotatable bonds is 5. The third-order valence-corrected chi connectivity index (χ3v) is 4.99. The van der Waals surface area contributed by atoms with Gasteiger partial charge < -0.3 is 10.5 Å². The first-order chi connectivity index (χ1) is 9.51. The molecule has 0 saturated carbocycles. The molecule has 0 aliphatic heterocycles. The minimum absolute atomic E-state index is 0.0904. The fourth-order valence-electron chi connectivity index (χ4n) is 1.98. The molecule has 0 amide bonds. The summed E-state index contributed by atoms with van der Waals surface area (Å²) in [4.78, 5) is 1.15. The summed E-state index contributed by atoms with van der Waals surface area (Å²) in [6, 6.07) is 10.5. The average molecular weight is 354 g/mol. The van der Waals surface area contributed by atoms with Crippen molar-refractivity contribution in [3.63, 3.8) is 0 Å². The van der Waals surface area contributed by atoms with Gasteiger partial charge in [-0.2, -0.15) is 0 Å². The normalized spacial score (nSPS) is 12.7. The van der Waals surface area contributed by atoms with E-state index >= 15 is 0 Å². The zero-order valence-electron chi connectivity index (χ0n) is 12.0. The van der Waals surface area contributed by atoms with E-state index in [2.05, 4.69) is 61.0 Å². The standard InChI is InChI=1S/C16H20BrNOS/c1-10(2)12-5-4-11(3)13(8-12)19-14(9-18)15-6-7-16(17)20-15/h4-8,10,14H,9,18H2,1-3H3. The second-order valence-corrected chi connectivity index (χ2v) is 7.66. The maximum Gasteiger partial charge on any atom is 0.145 e. The lowest BCUT2D eigenvalue weighted by Crippen LogP contribution is -2.17. The molecule has 108 valence electrons. The van der Waals surface area contributed by atoms with Gasteiger partial charge in [-0.25, -0.2) is 0 Å². The first kappa shape index (κ1) is 15.5. The molecule has 1 aromatic carbocycles. The third kappa shape index (κ3) is 3.62. The zero-order chi connectivity index (χ0) is 14.7. The number of benzene rings is 1. The maximum absolute atomic E-state index is 6.15. The van der Waals surface area contributed by atoms with Crippen molar-refractivity contribution in [2.45, 2.75) is 32.8 Å². The number of hydrogen-bond acceptors (Lipinski definition) is 3. The van der Waals surface area contributed by atoms with E-state index in [0.29, 0.717) is 12.5 Å². The summed E-state index contributed by atoms with van der Waals surface area (Å²) in [6.07, 6.45) is -0.0904. The van der Waals surface area contributed by atoms with Crippen LogP contribution in [-0.4, -0.2) is 6.54 Å². The average Bonchev–Trinajstić information content (AvgIpc) is 2.84. The maximum atomic E-state index is 6.15. The van der Waals surface area contributed by atoms with Gasteiger partial charge in [0.15, 0.2) is 0 Å². The van der Waals surface area contributed by atoms with Crippen LogP contribution < -0.4 is 10.5 Å². The van der Waals surface area contributed by atoms with Gasteiger partial charge in [-0.3, -0.25) is 0 Å². The number of halogens is 1. The van der Waals surface area contributed by atoms with Crippen LogP contribution in [0.4, 0.5) is 0 Å². The summed E-state index contributed by atoms with van der Waals surface area (Å²) in [6.45, 7) is 6.91. The highest BCUT2D eigenvalue weighted by atomic mass is 79.9. The molecule has 0 aliphatic rings. The van der Waals surface area contributed by atoms with Crippen molar-refractivity contribution in [1.82, 2.24) is 0 Å². The SMILES string of the molecule is Cc1ccc(C(C)C)cc1OC(CN)c1ccc(Br)s1. The van der Waals surface area contributed by atoms with E-state index in [4.69, 9.17) is 10.5 Å². The molecule has 0 radical (unpaired) electrons. The number of nitrogens with two attached hydrogens (primary N) is 1. The van der Waals surface area contributed by atoms with E-state index in [1.807, 2.05) is 6.07 Å². The fourth-order valence-corrected chi connectivity index (χ4v) is 3.45. The molecule has 2 N–H and O–H groups in total. The van der Waals surface area contributed by atoms with E-state index in [1.54, 1.807) is 11.3 Å². The number of aryl methyl sites for hydroxylation is 1. The summed E-state index contributed by atoms with van der Waals surface area (Å²) in [5, 5.41) is 0. The largest absolute Gasteiger partial charge is 0.483 e.